The zero-order chi connectivity index (χ0) is 9.80. The maximum Gasteiger partial charge on any atom is 0.0109 e. The van der Waals surface area contributed by atoms with Crippen LogP contribution in [0.4, 0.5) is 0 Å². The standard InChI is InChI=1S/C12H24N2/c1-12-5-4-8-14(11-12)10-9-13-6-2-3-7-13/h12H,2-11H2,1H3/t12-/m0/s1. The Labute approximate surface area is 88.3 Å². The van der Waals surface area contributed by atoms with E-state index in [4.69, 9.17) is 0 Å². The summed E-state index contributed by atoms with van der Waals surface area (Å²) in [4.78, 5) is 5.28. The molecule has 2 aliphatic heterocycles. The quantitative estimate of drug-likeness (QED) is 0.679. The summed E-state index contributed by atoms with van der Waals surface area (Å²) in [5.74, 6) is 0.933. The first-order valence-electron chi connectivity index (χ1n) is 6.29. The predicted octanol–water partition coefficient (Wildman–Crippen LogP) is 1.81. The van der Waals surface area contributed by atoms with Crippen LogP contribution in [0.5, 0.6) is 0 Å². The first-order valence-corrected chi connectivity index (χ1v) is 6.29. The molecule has 2 aliphatic rings. The molecular weight excluding hydrogens is 172 g/mol. The highest BCUT2D eigenvalue weighted by Crippen LogP contribution is 2.15. The number of likely N-dealkylation sites (tertiary alicyclic amines) is 2. The molecule has 0 aromatic carbocycles. The average molecular weight is 196 g/mol. The topological polar surface area (TPSA) is 6.48 Å². The highest BCUT2D eigenvalue weighted by atomic mass is 15.2. The first kappa shape index (κ1) is 10.4. The Kier molecular flexibility index (Phi) is 3.82. The Morgan fingerprint density at radius 3 is 2.29 bits per heavy atom. The molecule has 0 saturated carbocycles. The zero-order valence-corrected chi connectivity index (χ0v) is 9.54. The van der Waals surface area contributed by atoms with Gasteiger partial charge in [0.2, 0.25) is 0 Å². The SMILES string of the molecule is C[C@H]1CCCN(CCN2CCCC2)C1. The molecule has 0 unspecified atom stereocenters. The van der Waals surface area contributed by atoms with E-state index < -0.39 is 0 Å². The van der Waals surface area contributed by atoms with E-state index >= 15 is 0 Å². The molecule has 0 N–H and O–H groups in total. The fourth-order valence-electron chi connectivity index (χ4n) is 2.78. The number of hydrogen-bond acceptors (Lipinski definition) is 2. The Hall–Kier alpha value is -0.0800. The van der Waals surface area contributed by atoms with Crippen molar-refractivity contribution in [1.82, 2.24) is 9.80 Å². The molecule has 2 rings (SSSR count). The molecule has 0 aromatic rings. The molecule has 0 spiro atoms. The number of hydrogen-bond donors (Lipinski definition) is 0. The Morgan fingerprint density at radius 1 is 0.929 bits per heavy atom. The normalized spacial score (nSPS) is 31.1. The van der Waals surface area contributed by atoms with E-state index in [1.807, 2.05) is 0 Å². The maximum absolute atomic E-state index is 2.66. The summed E-state index contributed by atoms with van der Waals surface area (Å²) in [7, 11) is 0. The van der Waals surface area contributed by atoms with Gasteiger partial charge in [0.05, 0.1) is 0 Å². The van der Waals surface area contributed by atoms with Gasteiger partial charge in [0.25, 0.3) is 0 Å². The summed E-state index contributed by atoms with van der Waals surface area (Å²) in [6, 6.07) is 0. The van der Waals surface area contributed by atoms with Crippen molar-refractivity contribution in [3.8, 4) is 0 Å². The molecule has 2 nitrogen and oxygen atoms in total. The molecule has 2 heteroatoms. The van der Waals surface area contributed by atoms with Crippen molar-refractivity contribution in [2.24, 2.45) is 5.92 Å². The second-order valence-electron chi connectivity index (χ2n) is 5.10. The monoisotopic (exact) mass is 196 g/mol. The van der Waals surface area contributed by atoms with Gasteiger partial charge in [-0.3, -0.25) is 0 Å². The lowest BCUT2D eigenvalue weighted by molar-refractivity contribution is 0.163. The second kappa shape index (κ2) is 5.13. The van der Waals surface area contributed by atoms with Crippen LogP contribution in [0.25, 0.3) is 0 Å². The minimum atomic E-state index is 0.933. The second-order valence-corrected chi connectivity index (χ2v) is 5.10. The summed E-state index contributed by atoms with van der Waals surface area (Å²) < 4.78 is 0. The molecule has 0 bridgehead atoms. The van der Waals surface area contributed by atoms with Crippen LogP contribution in [0.2, 0.25) is 0 Å². The predicted molar refractivity (Wildman–Crippen MR) is 60.5 cm³/mol. The van der Waals surface area contributed by atoms with Crippen molar-refractivity contribution < 1.29 is 0 Å². The van der Waals surface area contributed by atoms with Crippen molar-refractivity contribution in [3.63, 3.8) is 0 Å². The van der Waals surface area contributed by atoms with Gasteiger partial charge in [-0.05, 0) is 51.2 Å². The van der Waals surface area contributed by atoms with E-state index in [1.165, 1.54) is 65.0 Å². The third-order valence-electron chi connectivity index (χ3n) is 3.67. The smallest absolute Gasteiger partial charge is 0.0109 e. The van der Waals surface area contributed by atoms with Gasteiger partial charge in [0.15, 0.2) is 0 Å². The van der Waals surface area contributed by atoms with E-state index in [9.17, 15) is 0 Å². The van der Waals surface area contributed by atoms with Gasteiger partial charge in [-0.1, -0.05) is 6.92 Å². The third-order valence-corrected chi connectivity index (χ3v) is 3.67. The number of nitrogens with zero attached hydrogens (tertiary/aromatic N) is 2. The van der Waals surface area contributed by atoms with Gasteiger partial charge in [-0.15, -0.1) is 0 Å². The summed E-state index contributed by atoms with van der Waals surface area (Å²) in [6.45, 7) is 10.4. The molecule has 2 saturated heterocycles. The molecule has 1 atom stereocenters. The summed E-state index contributed by atoms with van der Waals surface area (Å²) >= 11 is 0. The van der Waals surface area contributed by atoms with Gasteiger partial charge in [0, 0.05) is 19.6 Å². The van der Waals surface area contributed by atoms with E-state index in [1.54, 1.807) is 0 Å². The van der Waals surface area contributed by atoms with Crippen molar-refractivity contribution in [1.29, 1.82) is 0 Å². The van der Waals surface area contributed by atoms with Crippen LogP contribution in [0.3, 0.4) is 0 Å². The van der Waals surface area contributed by atoms with Crippen molar-refractivity contribution >= 4 is 0 Å². The minimum Gasteiger partial charge on any atom is -0.302 e. The summed E-state index contributed by atoms with van der Waals surface area (Å²) in [5, 5.41) is 0. The summed E-state index contributed by atoms with van der Waals surface area (Å²) in [6.07, 6.45) is 5.72. The van der Waals surface area contributed by atoms with Crippen molar-refractivity contribution in [3.05, 3.63) is 0 Å². The highest BCUT2D eigenvalue weighted by molar-refractivity contribution is 4.73. The molecular formula is C12H24N2. The largest absolute Gasteiger partial charge is 0.302 e. The van der Waals surface area contributed by atoms with Gasteiger partial charge < -0.3 is 9.80 Å². The molecule has 82 valence electrons. The summed E-state index contributed by atoms with van der Waals surface area (Å²) in [5.41, 5.74) is 0. The molecule has 2 heterocycles. The number of rotatable bonds is 3. The van der Waals surface area contributed by atoms with Gasteiger partial charge >= 0.3 is 0 Å². The number of piperidine rings is 1. The molecule has 0 amide bonds. The van der Waals surface area contributed by atoms with Crippen LogP contribution in [0.15, 0.2) is 0 Å². The van der Waals surface area contributed by atoms with E-state index in [0.717, 1.165) is 5.92 Å². The molecule has 0 radical (unpaired) electrons. The first-order chi connectivity index (χ1) is 6.84. The van der Waals surface area contributed by atoms with Crippen molar-refractivity contribution in [2.45, 2.75) is 32.6 Å². The third kappa shape index (κ3) is 2.96. The Bertz CT molecular complexity index is 164. The fraction of sp³-hybridized carbons (Fsp3) is 1.00. The van der Waals surface area contributed by atoms with Crippen molar-refractivity contribution in [2.75, 3.05) is 39.3 Å². The van der Waals surface area contributed by atoms with Gasteiger partial charge in [0.1, 0.15) is 0 Å². The van der Waals surface area contributed by atoms with Crippen LogP contribution in [0, 0.1) is 5.92 Å². The van der Waals surface area contributed by atoms with Crippen LogP contribution < -0.4 is 0 Å². The lowest BCUT2D eigenvalue weighted by atomic mass is 10.0. The fourth-order valence-corrected chi connectivity index (χ4v) is 2.78. The zero-order valence-electron chi connectivity index (χ0n) is 9.54. The average Bonchev–Trinajstić information content (AvgIpc) is 2.67. The van der Waals surface area contributed by atoms with E-state index in [-0.39, 0.29) is 0 Å². The van der Waals surface area contributed by atoms with Crippen LogP contribution >= 0.6 is 0 Å². The molecule has 14 heavy (non-hydrogen) atoms. The Morgan fingerprint density at radius 2 is 1.57 bits per heavy atom. The maximum atomic E-state index is 2.66. The van der Waals surface area contributed by atoms with Crippen LogP contribution in [-0.4, -0.2) is 49.1 Å². The van der Waals surface area contributed by atoms with Crippen LogP contribution in [-0.2, 0) is 0 Å². The molecule has 0 aliphatic carbocycles. The molecule has 2 fully saturated rings. The Balaban J connectivity index is 1.64. The lowest BCUT2D eigenvalue weighted by Crippen LogP contribution is -2.39. The lowest BCUT2D eigenvalue weighted by Gasteiger charge is -2.32. The van der Waals surface area contributed by atoms with Gasteiger partial charge in [-0.25, -0.2) is 0 Å². The molecule has 0 aromatic heterocycles. The van der Waals surface area contributed by atoms with E-state index in [2.05, 4.69) is 16.7 Å². The van der Waals surface area contributed by atoms with E-state index in [0.29, 0.717) is 0 Å². The van der Waals surface area contributed by atoms with Gasteiger partial charge in [-0.2, -0.15) is 0 Å². The highest BCUT2D eigenvalue weighted by Gasteiger charge is 2.17. The minimum absolute atomic E-state index is 0.933. The van der Waals surface area contributed by atoms with Crippen LogP contribution in [0.1, 0.15) is 32.6 Å².